The Balaban J connectivity index is 1.52. The van der Waals surface area contributed by atoms with Crippen LogP contribution < -0.4 is 21.5 Å². The average Bonchev–Trinajstić information content (AvgIpc) is 2.56. The molecule has 2 fully saturated rings. The number of amides is 2. The van der Waals surface area contributed by atoms with Gasteiger partial charge in [-0.1, -0.05) is 6.42 Å². The summed E-state index contributed by atoms with van der Waals surface area (Å²) in [5, 5.41) is 3.01. The van der Waals surface area contributed by atoms with Crippen molar-refractivity contribution in [2.24, 2.45) is 29.2 Å². The predicted molar refractivity (Wildman–Crippen MR) is 95.9 cm³/mol. The Morgan fingerprint density at radius 1 is 1.12 bits per heavy atom. The van der Waals surface area contributed by atoms with Crippen molar-refractivity contribution in [2.45, 2.75) is 44.6 Å². The molecule has 1 aromatic carbocycles. The molecule has 136 valence electrons. The minimum Gasteiger partial charge on any atom is -0.493 e. The highest BCUT2D eigenvalue weighted by Crippen LogP contribution is 2.42. The molecule has 6 heteroatoms. The van der Waals surface area contributed by atoms with E-state index >= 15 is 0 Å². The Labute approximate surface area is 148 Å². The number of nitrogens with one attached hydrogen (secondary N) is 1. The van der Waals surface area contributed by atoms with Gasteiger partial charge in [0, 0.05) is 17.6 Å². The van der Waals surface area contributed by atoms with E-state index in [9.17, 15) is 9.59 Å². The molecule has 2 atom stereocenters. The van der Waals surface area contributed by atoms with Crippen molar-refractivity contribution in [2.75, 3.05) is 11.9 Å². The van der Waals surface area contributed by atoms with Crippen LogP contribution in [0.15, 0.2) is 24.3 Å². The zero-order valence-corrected chi connectivity index (χ0v) is 14.4. The fourth-order valence-corrected chi connectivity index (χ4v) is 4.15. The largest absolute Gasteiger partial charge is 0.493 e. The van der Waals surface area contributed by atoms with Gasteiger partial charge in [0.05, 0.1) is 13.0 Å². The summed E-state index contributed by atoms with van der Waals surface area (Å²) in [5.41, 5.74) is 12.1. The number of carbonyl (C=O) groups excluding carboxylic acids is 2. The summed E-state index contributed by atoms with van der Waals surface area (Å²) in [6.07, 6.45) is 5.53. The fourth-order valence-electron chi connectivity index (χ4n) is 4.15. The molecule has 2 aliphatic rings. The molecule has 0 spiro atoms. The van der Waals surface area contributed by atoms with Crippen LogP contribution in [0.25, 0.3) is 0 Å². The normalized spacial score (nSPS) is 28.2. The Morgan fingerprint density at radius 2 is 1.76 bits per heavy atom. The van der Waals surface area contributed by atoms with E-state index in [4.69, 9.17) is 16.2 Å². The van der Waals surface area contributed by atoms with Crippen LogP contribution in [0.5, 0.6) is 5.75 Å². The molecule has 6 nitrogen and oxygen atoms in total. The van der Waals surface area contributed by atoms with Gasteiger partial charge in [-0.05, 0) is 61.8 Å². The highest BCUT2D eigenvalue weighted by atomic mass is 16.5. The number of hydrogen-bond acceptors (Lipinski definition) is 4. The van der Waals surface area contributed by atoms with E-state index in [1.165, 1.54) is 6.42 Å². The van der Waals surface area contributed by atoms with E-state index in [2.05, 4.69) is 5.32 Å². The lowest BCUT2D eigenvalue weighted by Crippen LogP contribution is -2.48. The third kappa shape index (κ3) is 4.51. The molecule has 1 aromatic rings. The molecule has 0 radical (unpaired) electrons. The van der Waals surface area contributed by atoms with Crippen molar-refractivity contribution in [3.63, 3.8) is 0 Å². The van der Waals surface area contributed by atoms with Crippen LogP contribution in [0, 0.1) is 17.8 Å². The molecule has 2 amide bonds. The Bertz CT molecular complexity index is 603. The van der Waals surface area contributed by atoms with Gasteiger partial charge in [-0.3, -0.25) is 9.59 Å². The van der Waals surface area contributed by atoms with Gasteiger partial charge >= 0.3 is 0 Å². The highest BCUT2D eigenvalue weighted by Gasteiger charge is 2.40. The van der Waals surface area contributed by atoms with Gasteiger partial charge in [-0.15, -0.1) is 0 Å². The van der Waals surface area contributed by atoms with Crippen molar-refractivity contribution in [1.82, 2.24) is 0 Å². The van der Waals surface area contributed by atoms with Gasteiger partial charge in [0.1, 0.15) is 5.75 Å². The summed E-state index contributed by atoms with van der Waals surface area (Å²) in [4.78, 5) is 23.3. The van der Waals surface area contributed by atoms with E-state index in [1.54, 1.807) is 12.1 Å². The van der Waals surface area contributed by atoms with Crippen LogP contribution in [0.2, 0.25) is 0 Å². The summed E-state index contributed by atoms with van der Waals surface area (Å²) in [6.45, 7) is 0.256. The first-order valence-electron chi connectivity index (χ1n) is 9.10. The Kier molecular flexibility index (Phi) is 5.58. The molecule has 2 unspecified atom stereocenters. The summed E-state index contributed by atoms with van der Waals surface area (Å²) >= 11 is 0. The van der Waals surface area contributed by atoms with Gasteiger partial charge < -0.3 is 21.5 Å². The molecular weight excluding hydrogens is 318 g/mol. The summed E-state index contributed by atoms with van der Waals surface area (Å²) in [6, 6.07) is 7.46. The molecule has 3 rings (SSSR count). The standard InChI is InChI=1S/C19H27N3O3/c20-17(23)8-9-25-16-6-4-15(5-7-16)22-19(24)14-10-12-2-1-3-13(11-14)18(12)21/h4-7,12-14,18H,1-3,8-11,21H2,(H2,20,23)(H,22,24). The SMILES string of the molecule is NC(=O)CCOc1ccc(NC(=O)C2CC3CCCC(C2)C3N)cc1. The smallest absolute Gasteiger partial charge is 0.227 e. The van der Waals surface area contributed by atoms with E-state index in [0.717, 1.165) is 31.4 Å². The van der Waals surface area contributed by atoms with Gasteiger partial charge in [-0.25, -0.2) is 0 Å². The maximum Gasteiger partial charge on any atom is 0.227 e. The van der Waals surface area contributed by atoms with Gasteiger partial charge in [-0.2, -0.15) is 0 Å². The fraction of sp³-hybridized carbons (Fsp3) is 0.579. The molecule has 25 heavy (non-hydrogen) atoms. The molecule has 0 aromatic heterocycles. The Morgan fingerprint density at radius 3 is 2.36 bits per heavy atom. The molecule has 0 aliphatic heterocycles. The summed E-state index contributed by atoms with van der Waals surface area (Å²) in [7, 11) is 0. The zero-order valence-electron chi connectivity index (χ0n) is 14.4. The number of primary amides is 1. The van der Waals surface area contributed by atoms with Crippen LogP contribution in [0.1, 0.15) is 38.5 Å². The molecule has 2 aliphatic carbocycles. The van der Waals surface area contributed by atoms with Crippen molar-refractivity contribution >= 4 is 17.5 Å². The maximum atomic E-state index is 12.6. The number of benzene rings is 1. The van der Waals surface area contributed by atoms with Gasteiger partial charge in [0.25, 0.3) is 0 Å². The number of anilines is 1. The number of nitrogens with two attached hydrogens (primary N) is 2. The minimum absolute atomic E-state index is 0.0570. The Hall–Kier alpha value is -2.08. The first kappa shape index (κ1) is 17.7. The number of fused-ring (bicyclic) bond motifs is 2. The second kappa shape index (κ2) is 7.87. The number of rotatable bonds is 6. The van der Waals surface area contributed by atoms with Crippen molar-refractivity contribution in [1.29, 1.82) is 0 Å². The van der Waals surface area contributed by atoms with Crippen LogP contribution in [0.4, 0.5) is 5.69 Å². The average molecular weight is 345 g/mol. The second-order valence-corrected chi connectivity index (χ2v) is 7.28. The lowest BCUT2D eigenvalue weighted by molar-refractivity contribution is -0.122. The van der Waals surface area contributed by atoms with Crippen molar-refractivity contribution in [3.8, 4) is 5.75 Å². The molecule has 2 saturated carbocycles. The lowest BCUT2D eigenvalue weighted by Gasteiger charge is -2.43. The van der Waals surface area contributed by atoms with Crippen LogP contribution >= 0.6 is 0 Å². The second-order valence-electron chi connectivity index (χ2n) is 7.28. The highest BCUT2D eigenvalue weighted by molar-refractivity contribution is 5.92. The summed E-state index contributed by atoms with van der Waals surface area (Å²) in [5.74, 6) is 1.39. The topological polar surface area (TPSA) is 107 Å². The van der Waals surface area contributed by atoms with Gasteiger partial charge in [0.2, 0.25) is 11.8 Å². The van der Waals surface area contributed by atoms with Crippen molar-refractivity contribution < 1.29 is 14.3 Å². The van der Waals surface area contributed by atoms with E-state index in [0.29, 0.717) is 17.6 Å². The third-order valence-electron chi connectivity index (χ3n) is 5.52. The molecule has 5 N–H and O–H groups in total. The number of hydrogen-bond donors (Lipinski definition) is 3. The third-order valence-corrected chi connectivity index (χ3v) is 5.52. The molecular formula is C19H27N3O3. The maximum absolute atomic E-state index is 12.6. The molecule has 2 bridgehead atoms. The number of carbonyl (C=O) groups is 2. The molecule has 0 heterocycles. The summed E-state index contributed by atoms with van der Waals surface area (Å²) < 4.78 is 5.43. The molecule has 0 saturated heterocycles. The monoisotopic (exact) mass is 345 g/mol. The van der Waals surface area contributed by atoms with Crippen LogP contribution in [-0.2, 0) is 9.59 Å². The van der Waals surface area contributed by atoms with E-state index in [1.807, 2.05) is 12.1 Å². The van der Waals surface area contributed by atoms with Crippen LogP contribution in [-0.4, -0.2) is 24.5 Å². The predicted octanol–water partition coefficient (Wildman–Crippen LogP) is 2.03. The quantitative estimate of drug-likeness (QED) is 0.733. The van der Waals surface area contributed by atoms with Crippen molar-refractivity contribution in [3.05, 3.63) is 24.3 Å². The zero-order chi connectivity index (χ0) is 17.8. The van der Waals surface area contributed by atoms with Gasteiger partial charge in [0.15, 0.2) is 0 Å². The van der Waals surface area contributed by atoms with Crippen LogP contribution in [0.3, 0.4) is 0 Å². The first-order chi connectivity index (χ1) is 12.0. The van der Waals surface area contributed by atoms with E-state index < -0.39 is 0 Å². The van der Waals surface area contributed by atoms with E-state index in [-0.39, 0.29) is 36.8 Å². The first-order valence-corrected chi connectivity index (χ1v) is 9.10. The number of ether oxygens (including phenoxy) is 1. The lowest BCUT2D eigenvalue weighted by atomic mass is 9.65. The minimum atomic E-state index is -0.388.